The Morgan fingerprint density at radius 1 is 0.828 bits per heavy atom. The van der Waals surface area contributed by atoms with Gasteiger partial charge in [0.1, 0.15) is 31.1 Å². The van der Waals surface area contributed by atoms with Crippen molar-refractivity contribution in [1.82, 2.24) is 5.32 Å². The molecule has 0 aromatic heterocycles. The Labute approximate surface area is 170 Å². The summed E-state index contributed by atoms with van der Waals surface area (Å²) in [5, 5.41) is 11.3. The van der Waals surface area contributed by atoms with Crippen molar-refractivity contribution in [3.63, 3.8) is 0 Å². The van der Waals surface area contributed by atoms with E-state index in [1.165, 1.54) is 5.56 Å². The zero-order valence-corrected chi connectivity index (χ0v) is 16.0. The molecule has 1 amide bonds. The normalized spacial score (nSPS) is 10.0. The van der Waals surface area contributed by atoms with Crippen LogP contribution < -0.4 is 14.8 Å². The van der Waals surface area contributed by atoms with Gasteiger partial charge in [0.15, 0.2) is 0 Å². The molecule has 0 saturated heterocycles. The number of rotatable bonds is 9. The largest absolute Gasteiger partial charge is 0.490 e. The van der Waals surface area contributed by atoms with Crippen LogP contribution in [-0.2, 0) is 11.3 Å². The van der Waals surface area contributed by atoms with E-state index in [1.54, 1.807) is 0 Å². The maximum absolute atomic E-state index is 11.5. The van der Waals surface area contributed by atoms with Gasteiger partial charge in [0, 0.05) is 12.1 Å². The first-order valence-electron chi connectivity index (χ1n) is 9.39. The van der Waals surface area contributed by atoms with Gasteiger partial charge in [-0.15, -0.1) is 0 Å². The van der Waals surface area contributed by atoms with Gasteiger partial charge < -0.3 is 14.8 Å². The average molecular weight is 386 g/mol. The van der Waals surface area contributed by atoms with Crippen LogP contribution in [0, 0.1) is 11.3 Å². The molecule has 0 fully saturated rings. The summed E-state index contributed by atoms with van der Waals surface area (Å²) in [5.74, 6) is 1.17. The van der Waals surface area contributed by atoms with Crippen molar-refractivity contribution in [2.24, 2.45) is 0 Å². The number of nitriles is 1. The van der Waals surface area contributed by atoms with E-state index in [-0.39, 0.29) is 12.3 Å². The van der Waals surface area contributed by atoms with E-state index in [9.17, 15) is 4.79 Å². The van der Waals surface area contributed by atoms with Crippen molar-refractivity contribution < 1.29 is 14.3 Å². The fraction of sp³-hybridized carbons (Fsp3) is 0.167. The van der Waals surface area contributed by atoms with Gasteiger partial charge in [-0.25, -0.2) is 0 Å². The highest BCUT2D eigenvalue weighted by molar-refractivity contribution is 5.78. The lowest BCUT2D eigenvalue weighted by atomic mass is 10.1. The number of ether oxygens (including phenoxy) is 2. The number of carbonyl (C=O) groups is 1. The minimum atomic E-state index is -0.301. The molecule has 0 spiro atoms. The van der Waals surface area contributed by atoms with E-state index < -0.39 is 0 Å². The molecule has 5 nitrogen and oxygen atoms in total. The lowest BCUT2D eigenvalue weighted by Gasteiger charge is -2.13. The lowest BCUT2D eigenvalue weighted by molar-refractivity contribution is -0.120. The molecule has 3 rings (SSSR count). The second-order valence-corrected chi connectivity index (χ2v) is 6.31. The summed E-state index contributed by atoms with van der Waals surface area (Å²) in [7, 11) is 0. The van der Waals surface area contributed by atoms with Crippen LogP contribution in [0.3, 0.4) is 0 Å². The van der Waals surface area contributed by atoms with Crippen molar-refractivity contribution in [2.75, 3.05) is 13.2 Å². The molecule has 0 atom stereocenters. The summed E-state index contributed by atoms with van der Waals surface area (Å²) in [5.41, 5.74) is 3.16. The zero-order valence-electron chi connectivity index (χ0n) is 16.0. The van der Waals surface area contributed by atoms with E-state index >= 15 is 0 Å². The third-order valence-corrected chi connectivity index (χ3v) is 4.26. The quantitative estimate of drug-likeness (QED) is 0.555. The van der Waals surface area contributed by atoms with E-state index in [2.05, 4.69) is 17.4 Å². The van der Waals surface area contributed by atoms with Gasteiger partial charge >= 0.3 is 0 Å². The topological polar surface area (TPSA) is 71.4 Å². The molecule has 0 heterocycles. The minimum Gasteiger partial charge on any atom is -0.490 e. The van der Waals surface area contributed by atoms with Crippen LogP contribution in [0.5, 0.6) is 11.5 Å². The van der Waals surface area contributed by atoms with Gasteiger partial charge in [-0.3, -0.25) is 4.79 Å². The molecule has 146 valence electrons. The molecule has 3 aromatic carbocycles. The summed E-state index contributed by atoms with van der Waals surface area (Å²) in [4.78, 5) is 11.5. The highest BCUT2D eigenvalue weighted by Gasteiger charge is 2.06. The number of amides is 1. The smallest absolute Gasteiger partial charge is 0.234 e. The van der Waals surface area contributed by atoms with Crippen molar-refractivity contribution in [1.29, 1.82) is 5.26 Å². The van der Waals surface area contributed by atoms with Gasteiger partial charge in [-0.1, -0.05) is 60.7 Å². The van der Waals surface area contributed by atoms with Gasteiger partial charge in [0.25, 0.3) is 0 Å². The van der Waals surface area contributed by atoms with Crippen molar-refractivity contribution in [3.05, 3.63) is 84.4 Å². The number of para-hydroxylation sites is 1. The number of hydrogen-bond acceptors (Lipinski definition) is 4. The highest BCUT2D eigenvalue weighted by atomic mass is 16.5. The summed E-state index contributed by atoms with van der Waals surface area (Å²) in [6.45, 7) is 1.10. The number of carbonyl (C=O) groups excluding carboxylic acids is 1. The predicted octanol–water partition coefficient (Wildman–Crippen LogP) is 4.34. The monoisotopic (exact) mass is 386 g/mol. The van der Waals surface area contributed by atoms with Gasteiger partial charge in [0.2, 0.25) is 5.91 Å². The third kappa shape index (κ3) is 6.12. The first kappa shape index (κ1) is 20.0. The molecule has 3 aromatic rings. The summed E-state index contributed by atoms with van der Waals surface area (Å²) >= 11 is 0. The Bertz CT molecular complexity index is 963. The minimum absolute atomic E-state index is 0.153. The third-order valence-electron chi connectivity index (χ3n) is 4.26. The number of nitrogens with zero attached hydrogens (tertiary/aromatic N) is 1. The lowest BCUT2D eigenvalue weighted by Crippen LogP contribution is -2.22. The SMILES string of the molecule is N#CCC(=O)NCc1ccccc1OCCOc1ccc(-c2ccccc2)cc1. The predicted molar refractivity (Wildman–Crippen MR) is 111 cm³/mol. The Morgan fingerprint density at radius 3 is 2.24 bits per heavy atom. The van der Waals surface area contributed by atoms with E-state index in [1.807, 2.05) is 72.8 Å². The van der Waals surface area contributed by atoms with Crippen LogP contribution in [0.1, 0.15) is 12.0 Å². The number of nitrogens with one attached hydrogen (secondary N) is 1. The van der Waals surface area contributed by atoms with Crippen LogP contribution in [0.25, 0.3) is 11.1 Å². The first-order chi connectivity index (χ1) is 14.3. The van der Waals surface area contributed by atoms with Crippen molar-refractivity contribution in [2.45, 2.75) is 13.0 Å². The molecule has 0 aliphatic heterocycles. The van der Waals surface area contributed by atoms with Crippen LogP contribution >= 0.6 is 0 Å². The molecule has 0 saturated carbocycles. The molecule has 5 heteroatoms. The van der Waals surface area contributed by atoms with E-state index in [0.29, 0.717) is 25.5 Å². The summed E-state index contributed by atoms with van der Waals surface area (Å²) < 4.78 is 11.6. The molecular weight excluding hydrogens is 364 g/mol. The Kier molecular flexibility index (Phi) is 7.25. The summed E-state index contributed by atoms with van der Waals surface area (Å²) in [6, 6.07) is 27.4. The fourth-order valence-electron chi connectivity index (χ4n) is 2.80. The van der Waals surface area contributed by atoms with Crippen LogP contribution in [0.4, 0.5) is 0 Å². The Balaban J connectivity index is 1.47. The number of hydrogen-bond donors (Lipinski definition) is 1. The van der Waals surface area contributed by atoms with E-state index in [0.717, 1.165) is 16.9 Å². The Hall–Kier alpha value is -3.78. The molecule has 0 aliphatic carbocycles. The summed E-state index contributed by atoms with van der Waals surface area (Å²) in [6.07, 6.45) is -0.153. The molecule has 1 N–H and O–H groups in total. The molecule has 0 radical (unpaired) electrons. The van der Waals surface area contributed by atoms with Crippen molar-refractivity contribution >= 4 is 5.91 Å². The molecule has 29 heavy (non-hydrogen) atoms. The highest BCUT2D eigenvalue weighted by Crippen LogP contribution is 2.22. The maximum atomic E-state index is 11.5. The molecular formula is C24H22N2O3. The number of benzene rings is 3. The van der Waals surface area contributed by atoms with Crippen LogP contribution in [0.2, 0.25) is 0 Å². The van der Waals surface area contributed by atoms with Crippen LogP contribution in [-0.4, -0.2) is 19.1 Å². The van der Waals surface area contributed by atoms with Gasteiger partial charge in [-0.2, -0.15) is 5.26 Å². The van der Waals surface area contributed by atoms with E-state index in [4.69, 9.17) is 14.7 Å². The fourth-order valence-corrected chi connectivity index (χ4v) is 2.80. The zero-order chi connectivity index (χ0) is 20.3. The Morgan fingerprint density at radius 2 is 1.48 bits per heavy atom. The molecule has 0 aliphatic rings. The van der Waals surface area contributed by atoms with Crippen LogP contribution in [0.15, 0.2) is 78.9 Å². The molecule has 0 bridgehead atoms. The van der Waals surface area contributed by atoms with Gasteiger partial charge in [-0.05, 0) is 29.3 Å². The maximum Gasteiger partial charge on any atom is 0.234 e. The average Bonchev–Trinajstić information content (AvgIpc) is 2.77. The van der Waals surface area contributed by atoms with Gasteiger partial charge in [0.05, 0.1) is 6.07 Å². The second-order valence-electron chi connectivity index (χ2n) is 6.31. The standard InChI is InChI=1S/C24H22N2O3/c25-15-14-24(27)26-18-21-8-4-5-9-23(21)29-17-16-28-22-12-10-20(11-13-22)19-6-2-1-3-7-19/h1-13H,14,16-18H2,(H,26,27). The first-order valence-corrected chi connectivity index (χ1v) is 9.39. The second kappa shape index (κ2) is 10.5. The molecule has 0 unspecified atom stereocenters. The van der Waals surface area contributed by atoms with Crippen molar-refractivity contribution in [3.8, 4) is 28.7 Å².